The van der Waals surface area contributed by atoms with Gasteiger partial charge in [0, 0.05) is 36.1 Å². The van der Waals surface area contributed by atoms with Crippen LogP contribution < -0.4 is 14.8 Å². The third-order valence-corrected chi connectivity index (χ3v) is 5.62. The third-order valence-electron chi connectivity index (χ3n) is 5.62. The lowest BCUT2D eigenvalue weighted by Gasteiger charge is -2.21. The Hall–Kier alpha value is -3.81. The van der Waals surface area contributed by atoms with Crippen molar-refractivity contribution >= 4 is 22.8 Å². The van der Waals surface area contributed by atoms with Gasteiger partial charge in [0.1, 0.15) is 17.1 Å². The van der Waals surface area contributed by atoms with Crippen molar-refractivity contribution in [2.45, 2.75) is 46.0 Å². The fraction of sp³-hybridized carbons (Fsp3) is 0.346. The van der Waals surface area contributed by atoms with E-state index in [9.17, 15) is 9.59 Å². The zero-order chi connectivity index (χ0) is 24.5. The van der Waals surface area contributed by atoms with E-state index in [0.29, 0.717) is 46.6 Å². The number of benzene rings is 2. The number of hydrogen-bond donors (Lipinski definition) is 1. The molecule has 1 aliphatic heterocycles. The number of nitrogens with zero attached hydrogens (tertiary/aromatic N) is 2. The van der Waals surface area contributed by atoms with Gasteiger partial charge < -0.3 is 24.4 Å². The molecule has 0 bridgehead atoms. The first-order chi connectivity index (χ1) is 16.2. The number of methoxy groups -OCH3 is 2. The Morgan fingerprint density at radius 1 is 1.06 bits per heavy atom. The molecule has 8 nitrogen and oxygen atoms in total. The normalized spacial score (nSPS) is 12.9. The van der Waals surface area contributed by atoms with Gasteiger partial charge in [-0.2, -0.15) is 0 Å². The Morgan fingerprint density at radius 3 is 2.32 bits per heavy atom. The quantitative estimate of drug-likeness (QED) is 0.602. The second kappa shape index (κ2) is 9.21. The number of carbonyl (C=O) groups excluding carboxylic acids is 2. The van der Waals surface area contributed by atoms with Crippen LogP contribution in [-0.4, -0.2) is 41.7 Å². The molecule has 0 unspecified atom stereocenters. The Morgan fingerprint density at radius 2 is 1.74 bits per heavy atom. The zero-order valence-electron chi connectivity index (χ0n) is 20.1. The summed E-state index contributed by atoms with van der Waals surface area (Å²) in [5.74, 6) is 0.929. The molecule has 1 aromatic heterocycles. The van der Waals surface area contributed by atoms with Crippen molar-refractivity contribution in [2.75, 3.05) is 14.2 Å². The van der Waals surface area contributed by atoms with Gasteiger partial charge in [0.15, 0.2) is 0 Å². The highest BCUT2D eigenvalue weighted by Gasteiger charge is 2.27. The average Bonchev–Trinajstić information content (AvgIpc) is 3.24. The van der Waals surface area contributed by atoms with Crippen LogP contribution in [0.1, 0.15) is 48.0 Å². The Labute approximate surface area is 198 Å². The molecule has 1 N–H and O–H groups in total. The predicted molar refractivity (Wildman–Crippen MR) is 128 cm³/mol. The van der Waals surface area contributed by atoms with Gasteiger partial charge in [-0.25, -0.2) is 4.79 Å². The summed E-state index contributed by atoms with van der Waals surface area (Å²) in [5.41, 5.74) is 2.67. The molecule has 1 aliphatic rings. The molecular weight excluding hydrogens is 434 g/mol. The molecule has 2 amide bonds. The summed E-state index contributed by atoms with van der Waals surface area (Å²) in [5, 5.41) is 4.02. The van der Waals surface area contributed by atoms with Crippen LogP contribution in [0.3, 0.4) is 0 Å². The van der Waals surface area contributed by atoms with E-state index in [1.54, 1.807) is 58.2 Å². The highest BCUT2D eigenvalue weighted by molar-refractivity contribution is 6.09. The van der Waals surface area contributed by atoms with Gasteiger partial charge in [0.25, 0.3) is 5.91 Å². The molecule has 178 valence electrons. The topological polar surface area (TPSA) is 90.0 Å². The summed E-state index contributed by atoms with van der Waals surface area (Å²) in [4.78, 5) is 32.1. The smallest absolute Gasteiger partial charge is 0.407 e. The van der Waals surface area contributed by atoms with E-state index in [1.807, 2.05) is 24.3 Å². The van der Waals surface area contributed by atoms with Crippen LogP contribution in [0, 0.1) is 0 Å². The van der Waals surface area contributed by atoms with Crippen molar-refractivity contribution in [3.05, 3.63) is 65.0 Å². The molecule has 0 saturated heterocycles. The summed E-state index contributed by atoms with van der Waals surface area (Å²) in [6, 6.07) is 11.6. The zero-order valence-corrected chi connectivity index (χ0v) is 20.1. The molecule has 8 heteroatoms. The summed E-state index contributed by atoms with van der Waals surface area (Å²) in [6.45, 7) is 6.59. The maximum Gasteiger partial charge on any atom is 0.407 e. The van der Waals surface area contributed by atoms with Crippen molar-refractivity contribution in [1.82, 2.24) is 15.2 Å². The number of aromatic nitrogens is 1. The maximum absolute atomic E-state index is 13.6. The monoisotopic (exact) mass is 463 g/mol. The lowest BCUT2D eigenvalue weighted by atomic mass is 10.0. The highest BCUT2D eigenvalue weighted by Crippen LogP contribution is 2.36. The maximum atomic E-state index is 13.6. The number of ether oxygens (including phenoxy) is 3. The van der Waals surface area contributed by atoms with E-state index in [4.69, 9.17) is 14.2 Å². The standard InChI is InChI=1S/C26H29N3O5/c1-26(2,3)34-25(31)28-13-21-23-19(10-18(32-4)11-22(23)33-5)20(12-27-21)24(30)29-14-16-8-6-7-9-17(16)15-29/h6-12H,13-15H2,1-5H3,(H,28,31). The van der Waals surface area contributed by atoms with Crippen LogP contribution in [-0.2, 0) is 24.4 Å². The first-order valence-corrected chi connectivity index (χ1v) is 11.1. The van der Waals surface area contributed by atoms with Crippen LogP contribution in [0.4, 0.5) is 4.79 Å². The van der Waals surface area contributed by atoms with Gasteiger partial charge in [-0.3, -0.25) is 9.78 Å². The molecule has 0 saturated carbocycles. The average molecular weight is 464 g/mol. The molecule has 34 heavy (non-hydrogen) atoms. The van der Waals surface area contributed by atoms with Crippen LogP contribution in [0.2, 0.25) is 0 Å². The van der Waals surface area contributed by atoms with Gasteiger partial charge in [-0.15, -0.1) is 0 Å². The molecule has 4 rings (SSSR count). The number of hydrogen-bond acceptors (Lipinski definition) is 6. The van der Waals surface area contributed by atoms with Crippen molar-refractivity contribution in [3.63, 3.8) is 0 Å². The number of alkyl carbamates (subject to hydrolysis) is 1. The molecule has 0 aliphatic carbocycles. The third kappa shape index (κ3) is 4.76. The highest BCUT2D eigenvalue weighted by atomic mass is 16.6. The number of rotatable bonds is 5. The Bertz CT molecular complexity index is 1220. The second-order valence-corrected chi connectivity index (χ2v) is 9.16. The van der Waals surface area contributed by atoms with Crippen molar-refractivity contribution in [3.8, 4) is 11.5 Å². The first-order valence-electron chi connectivity index (χ1n) is 11.1. The van der Waals surface area contributed by atoms with E-state index < -0.39 is 11.7 Å². The lowest BCUT2D eigenvalue weighted by Crippen LogP contribution is -2.32. The largest absolute Gasteiger partial charge is 0.497 e. The Kier molecular flexibility index (Phi) is 6.32. The molecule has 3 aromatic rings. The summed E-state index contributed by atoms with van der Waals surface area (Å²) < 4.78 is 16.4. The van der Waals surface area contributed by atoms with Crippen molar-refractivity contribution in [2.24, 2.45) is 0 Å². The van der Waals surface area contributed by atoms with E-state index >= 15 is 0 Å². The molecule has 2 heterocycles. The van der Waals surface area contributed by atoms with E-state index in [1.165, 1.54) is 0 Å². The fourth-order valence-corrected chi connectivity index (χ4v) is 4.08. The number of pyridine rings is 1. The van der Waals surface area contributed by atoms with Crippen molar-refractivity contribution < 1.29 is 23.8 Å². The minimum absolute atomic E-state index is 0.109. The van der Waals surface area contributed by atoms with Gasteiger partial charge in [-0.05, 0) is 38.0 Å². The predicted octanol–water partition coefficient (Wildman–Crippen LogP) is 4.43. The molecule has 0 fully saturated rings. The number of amides is 2. The molecule has 0 spiro atoms. The minimum atomic E-state index is -0.617. The molecule has 2 aromatic carbocycles. The first kappa shape index (κ1) is 23.4. The van der Waals surface area contributed by atoms with E-state index in [0.717, 1.165) is 11.1 Å². The number of fused-ring (bicyclic) bond motifs is 2. The fourth-order valence-electron chi connectivity index (χ4n) is 4.08. The van der Waals surface area contributed by atoms with E-state index in [-0.39, 0.29) is 12.5 Å². The van der Waals surface area contributed by atoms with Gasteiger partial charge >= 0.3 is 6.09 Å². The second-order valence-electron chi connectivity index (χ2n) is 9.16. The molecular formula is C26H29N3O5. The van der Waals surface area contributed by atoms with Crippen LogP contribution >= 0.6 is 0 Å². The van der Waals surface area contributed by atoms with Crippen molar-refractivity contribution in [1.29, 1.82) is 0 Å². The lowest BCUT2D eigenvalue weighted by molar-refractivity contribution is 0.0522. The van der Waals surface area contributed by atoms with Gasteiger partial charge in [0.05, 0.1) is 32.0 Å². The number of nitrogens with one attached hydrogen (secondary N) is 1. The van der Waals surface area contributed by atoms with Gasteiger partial charge in [-0.1, -0.05) is 24.3 Å². The van der Waals surface area contributed by atoms with Crippen LogP contribution in [0.15, 0.2) is 42.6 Å². The van der Waals surface area contributed by atoms with Gasteiger partial charge in [0.2, 0.25) is 0 Å². The number of carbonyl (C=O) groups is 2. The molecule has 0 radical (unpaired) electrons. The Balaban J connectivity index is 1.72. The summed E-state index contributed by atoms with van der Waals surface area (Å²) in [6.07, 6.45) is 1.00. The van der Waals surface area contributed by atoms with Crippen LogP contribution in [0.25, 0.3) is 10.8 Å². The minimum Gasteiger partial charge on any atom is -0.497 e. The van der Waals surface area contributed by atoms with Crippen LogP contribution in [0.5, 0.6) is 11.5 Å². The van der Waals surface area contributed by atoms with E-state index in [2.05, 4.69) is 10.3 Å². The molecule has 0 atom stereocenters. The summed E-state index contributed by atoms with van der Waals surface area (Å²) >= 11 is 0. The summed E-state index contributed by atoms with van der Waals surface area (Å²) in [7, 11) is 3.11. The SMILES string of the molecule is COc1cc(OC)c2c(CNC(=O)OC(C)(C)C)ncc(C(=O)N3Cc4ccccc4C3)c2c1.